The Kier molecular flexibility index (Phi) is 5.56. The van der Waals surface area contributed by atoms with Gasteiger partial charge in [-0.3, -0.25) is 0 Å². The summed E-state index contributed by atoms with van der Waals surface area (Å²) in [5, 5.41) is 4.99. The van der Waals surface area contributed by atoms with Crippen LogP contribution in [0.25, 0.3) is 0 Å². The van der Waals surface area contributed by atoms with E-state index in [0.717, 1.165) is 18.4 Å². The maximum Gasteiger partial charge on any atom is 0.0595 e. The summed E-state index contributed by atoms with van der Waals surface area (Å²) in [5.41, 5.74) is 1.21. The lowest BCUT2D eigenvalue weighted by Crippen LogP contribution is -2.40. The first-order chi connectivity index (χ1) is 9.08. The third-order valence-corrected chi connectivity index (χ3v) is 4.97. The quantitative estimate of drug-likeness (QED) is 0.796. The first-order valence-corrected chi connectivity index (χ1v) is 8.01. The largest absolute Gasteiger partial charge is 0.310 e. The Morgan fingerprint density at radius 2 is 1.89 bits per heavy atom. The summed E-state index contributed by atoms with van der Waals surface area (Å²) in [4.78, 5) is 0. The number of halogens is 2. The Morgan fingerprint density at radius 3 is 2.58 bits per heavy atom. The predicted octanol–water partition coefficient (Wildman–Crippen LogP) is 5.30. The van der Waals surface area contributed by atoms with Gasteiger partial charge in [-0.2, -0.15) is 0 Å². The molecule has 0 aliphatic heterocycles. The molecule has 1 aliphatic rings. The monoisotopic (exact) mass is 299 g/mol. The van der Waals surface area contributed by atoms with Crippen molar-refractivity contribution in [2.45, 2.75) is 52.1 Å². The Labute approximate surface area is 126 Å². The Hall–Kier alpha value is -0.240. The molecule has 0 aromatic heterocycles. The summed E-state index contributed by atoms with van der Waals surface area (Å²) in [6.07, 6.45) is 5.39. The third-order valence-electron chi connectivity index (χ3n) is 4.23. The molecule has 1 aromatic rings. The number of rotatable bonds is 4. The van der Waals surface area contributed by atoms with Gasteiger partial charge in [0.1, 0.15) is 0 Å². The molecule has 1 nitrogen and oxygen atoms in total. The van der Waals surface area contributed by atoms with Crippen LogP contribution in [-0.2, 0) is 6.54 Å². The van der Waals surface area contributed by atoms with Crippen molar-refractivity contribution in [3.63, 3.8) is 0 Å². The average molecular weight is 300 g/mol. The van der Waals surface area contributed by atoms with Gasteiger partial charge in [-0.05, 0) is 42.4 Å². The van der Waals surface area contributed by atoms with E-state index in [1.807, 2.05) is 12.1 Å². The van der Waals surface area contributed by atoms with E-state index in [1.165, 1.54) is 31.2 Å². The van der Waals surface area contributed by atoms with Crippen LogP contribution in [0, 0.1) is 11.8 Å². The highest BCUT2D eigenvalue weighted by Crippen LogP contribution is 2.30. The van der Waals surface area contributed by atoms with Crippen LogP contribution in [0.1, 0.15) is 45.1 Å². The highest BCUT2D eigenvalue weighted by atomic mass is 35.5. The van der Waals surface area contributed by atoms with E-state index in [9.17, 15) is 0 Å². The predicted molar refractivity (Wildman–Crippen MR) is 83.9 cm³/mol. The van der Waals surface area contributed by atoms with E-state index in [4.69, 9.17) is 23.2 Å². The van der Waals surface area contributed by atoms with E-state index in [-0.39, 0.29) is 0 Å². The van der Waals surface area contributed by atoms with Crippen LogP contribution in [0.4, 0.5) is 0 Å². The van der Waals surface area contributed by atoms with Gasteiger partial charge in [0.15, 0.2) is 0 Å². The summed E-state index contributed by atoms with van der Waals surface area (Å²) in [7, 11) is 0. The summed E-state index contributed by atoms with van der Waals surface area (Å²) < 4.78 is 0. The molecular formula is C16H23Cl2N. The molecule has 1 saturated carbocycles. The summed E-state index contributed by atoms with van der Waals surface area (Å²) >= 11 is 12.0. The minimum Gasteiger partial charge on any atom is -0.310 e. The molecule has 0 spiro atoms. The summed E-state index contributed by atoms with van der Waals surface area (Å²) in [6, 6.07) is 6.53. The van der Waals surface area contributed by atoms with Crippen molar-refractivity contribution < 1.29 is 0 Å². The van der Waals surface area contributed by atoms with Crippen LogP contribution in [0.2, 0.25) is 10.0 Å². The van der Waals surface area contributed by atoms with Crippen molar-refractivity contribution in [2.24, 2.45) is 11.8 Å². The Bertz CT molecular complexity index is 417. The van der Waals surface area contributed by atoms with Crippen molar-refractivity contribution in [3.05, 3.63) is 33.8 Å². The first kappa shape index (κ1) is 15.2. The van der Waals surface area contributed by atoms with Crippen LogP contribution < -0.4 is 5.32 Å². The molecule has 0 saturated heterocycles. The Balaban J connectivity index is 1.94. The molecule has 2 unspecified atom stereocenters. The third kappa shape index (κ3) is 4.11. The second-order valence-electron chi connectivity index (χ2n) is 5.93. The lowest BCUT2D eigenvalue weighted by Gasteiger charge is -2.35. The zero-order chi connectivity index (χ0) is 13.8. The van der Waals surface area contributed by atoms with Crippen molar-refractivity contribution in [3.8, 4) is 0 Å². The molecular weight excluding hydrogens is 277 g/mol. The van der Waals surface area contributed by atoms with E-state index in [2.05, 4.69) is 25.2 Å². The molecule has 0 radical (unpaired) electrons. The van der Waals surface area contributed by atoms with Crippen molar-refractivity contribution in [1.29, 1.82) is 0 Å². The smallest absolute Gasteiger partial charge is 0.0595 e. The fourth-order valence-electron chi connectivity index (χ4n) is 3.11. The van der Waals surface area contributed by atoms with E-state index in [1.54, 1.807) is 0 Å². The maximum absolute atomic E-state index is 6.05. The standard InChI is InChI=1S/C16H23Cl2N/c1-11(2)13-5-3-4-6-16(13)19-10-12-7-8-14(17)15(18)9-12/h7-9,11,13,16,19H,3-6,10H2,1-2H3. The first-order valence-electron chi connectivity index (χ1n) is 7.25. The van der Waals surface area contributed by atoms with Gasteiger partial charge in [0.25, 0.3) is 0 Å². The molecule has 19 heavy (non-hydrogen) atoms. The van der Waals surface area contributed by atoms with Crippen LogP contribution in [-0.4, -0.2) is 6.04 Å². The zero-order valence-electron chi connectivity index (χ0n) is 11.8. The van der Waals surface area contributed by atoms with E-state index < -0.39 is 0 Å². The molecule has 2 rings (SSSR count). The number of nitrogens with one attached hydrogen (secondary N) is 1. The molecule has 0 bridgehead atoms. The molecule has 0 heterocycles. The van der Waals surface area contributed by atoms with Crippen LogP contribution in [0.3, 0.4) is 0 Å². The van der Waals surface area contributed by atoms with Gasteiger partial charge >= 0.3 is 0 Å². The number of benzene rings is 1. The topological polar surface area (TPSA) is 12.0 Å². The summed E-state index contributed by atoms with van der Waals surface area (Å²) in [5.74, 6) is 1.56. The van der Waals surface area contributed by atoms with Crippen LogP contribution in [0.15, 0.2) is 18.2 Å². The average Bonchev–Trinajstić information content (AvgIpc) is 2.40. The van der Waals surface area contributed by atoms with Crippen molar-refractivity contribution in [2.75, 3.05) is 0 Å². The van der Waals surface area contributed by atoms with Gasteiger partial charge in [-0.15, -0.1) is 0 Å². The van der Waals surface area contributed by atoms with E-state index in [0.29, 0.717) is 16.1 Å². The van der Waals surface area contributed by atoms with Gasteiger partial charge < -0.3 is 5.32 Å². The highest BCUT2D eigenvalue weighted by Gasteiger charge is 2.26. The molecule has 0 amide bonds. The van der Waals surface area contributed by atoms with Gasteiger partial charge in [-0.1, -0.05) is 56.0 Å². The highest BCUT2D eigenvalue weighted by molar-refractivity contribution is 6.42. The van der Waals surface area contributed by atoms with Gasteiger partial charge in [0.05, 0.1) is 10.0 Å². The molecule has 1 N–H and O–H groups in total. The fraction of sp³-hybridized carbons (Fsp3) is 0.625. The van der Waals surface area contributed by atoms with E-state index >= 15 is 0 Å². The lowest BCUT2D eigenvalue weighted by molar-refractivity contribution is 0.204. The van der Waals surface area contributed by atoms with Crippen molar-refractivity contribution >= 4 is 23.2 Å². The molecule has 1 aliphatic carbocycles. The Morgan fingerprint density at radius 1 is 1.16 bits per heavy atom. The van der Waals surface area contributed by atoms with Gasteiger partial charge in [0, 0.05) is 12.6 Å². The molecule has 1 aromatic carbocycles. The second-order valence-corrected chi connectivity index (χ2v) is 6.74. The zero-order valence-corrected chi connectivity index (χ0v) is 13.3. The SMILES string of the molecule is CC(C)C1CCCCC1NCc1ccc(Cl)c(Cl)c1. The normalized spacial score (nSPS) is 23.8. The number of hydrogen-bond donors (Lipinski definition) is 1. The molecule has 3 heteroatoms. The van der Waals surface area contributed by atoms with Gasteiger partial charge in [0.2, 0.25) is 0 Å². The van der Waals surface area contributed by atoms with Gasteiger partial charge in [-0.25, -0.2) is 0 Å². The molecule has 1 fully saturated rings. The maximum atomic E-state index is 6.05. The number of hydrogen-bond acceptors (Lipinski definition) is 1. The second kappa shape index (κ2) is 6.97. The molecule has 2 atom stereocenters. The van der Waals surface area contributed by atoms with Crippen LogP contribution >= 0.6 is 23.2 Å². The minimum absolute atomic E-state index is 0.628. The molecule has 106 valence electrons. The summed E-state index contributed by atoms with van der Waals surface area (Å²) in [6.45, 7) is 5.55. The lowest BCUT2D eigenvalue weighted by atomic mass is 9.78. The van der Waals surface area contributed by atoms with Crippen LogP contribution in [0.5, 0.6) is 0 Å². The van der Waals surface area contributed by atoms with Crippen molar-refractivity contribution in [1.82, 2.24) is 5.32 Å². The fourth-order valence-corrected chi connectivity index (χ4v) is 3.43. The minimum atomic E-state index is 0.628.